The first-order chi connectivity index (χ1) is 13.9. The molecule has 0 bridgehead atoms. The van der Waals surface area contributed by atoms with Gasteiger partial charge in [-0.2, -0.15) is 4.98 Å². The summed E-state index contributed by atoms with van der Waals surface area (Å²) in [5, 5.41) is 3.28. The Morgan fingerprint density at radius 3 is 2.59 bits per heavy atom. The number of fused-ring (bicyclic) bond motifs is 1. The minimum absolute atomic E-state index is 0.00788. The molecule has 0 aromatic carbocycles. The van der Waals surface area contributed by atoms with Crippen LogP contribution in [0, 0.1) is 0 Å². The Morgan fingerprint density at radius 1 is 1.14 bits per heavy atom. The highest BCUT2D eigenvalue weighted by molar-refractivity contribution is 7.89. The Labute approximate surface area is 174 Å². The maximum absolute atomic E-state index is 12.2. The Balaban J connectivity index is 1.67. The van der Waals surface area contributed by atoms with Gasteiger partial charge in [-0.05, 0) is 39.7 Å². The third-order valence-electron chi connectivity index (χ3n) is 5.61. The van der Waals surface area contributed by atoms with Crippen molar-refractivity contribution >= 4 is 21.8 Å². The van der Waals surface area contributed by atoms with Gasteiger partial charge in [0, 0.05) is 51.9 Å². The van der Waals surface area contributed by atoms with E-state index in [0.717, 1.165) is 74.9 Å². The number of hydrogen-bond donors (Lipinski definition) is 2. The number of sulfonamides is 1. The highest BCUT2D eigenvalue weighted by Crippen LogP contribution is 2.28. The summed E-state index contributed by atoms with van der Waals surface area (Å²) < 4.78 is 32.1. The predicted molar refractivity (Wildman–Crippen MR) is 115 cm³/mol. The molecule has 1 unspecified atom stereocenters. The zero-order valence-corrected chi connectivity index (χ0v) is 18.6. The number of aromatic nitrogens is 2. The molecular formula is C19H34N6O3S. The van der Waals surface area contributed by atoms with E-state index in [-0.39, 0.29) is 18.4 Å². The van der Waals surface area contributed by atoms with Crippen LogP contribution in [0.25, 0.3) is 0 Å². The molecule has 29 heavy (non-hydrogen) atoms. The fraction of sp³-hybridized carbons (Fsp3) is 0.789. The standard InChI is InChI=1S/C19H34N6O3S/c1-15(28-3)14-21-29(26,27)13-8-20-18-16-6-4-5-7-17(16)22-19(23-18)25-11-9-24(2)10-12-25/h15,21H,4-14H2,1-3H3,(H,20,22,23). The van der Waals surface area contributed by atoms with Gasteiger partial charge in [0.05, 0.1) is 17.6 Å². The van der Waals surface area contributed by atoms with Gasteiger partial charge in [-0.25, -0.2) is 18.1 Å². The monoisotopic (exact) mass is 426 g/mol. The first-order valence-electron chi connectivity index (χ1n) is 10.5. The summed E-state index contributed by atoms with van der Waals surface area (Å²) >= 11 is 0. The van der Waals surface area contributed by atoms with E-state index in [1.54, 1.807) is 7.11 Å². The van der Waals surface area contributed by atoms with E-state index in [1.807, 2.05) is 6.92 Å². The Kier molecular flexibility index (Phi) is 7.66. The van der Waals surface area contributed by atoms with Gasteiger partial charge < -0.3 is 19.9 Å². The molecule has 164 valence electrons. The second-order valence-electron chi connectivity index (χ2n) is 7.94. The van der Waals surface area contributed by atoms with Crippen LogP contribution in [0.4, 0.5) is 11.8 Å². The highest BCUT2D eigenvalue weighted by Gasteiger charge is 2.23. The quantitative estimate of drug-likeness (QED) is 0.588. The summed E-state index contributed by atoms with van der Waals surface area (Å²) in [5.41, 5.74) is 2.25. The zero-order valence-electron chi connectivity index (χ0n) is 17.8. The molecule has 1 aromatic heterocycles. The summed E-state index contributed by atoms with van der Waals surface area (Å²) in [7, 11) is 0.324. The number of piperazine rings is 1. The van der Waals surface area contributed by atoms with Gasteiger partial charge in [0.2, 0.25) is 16.0 Å². The van der Waals surface area contributed by atoms with Crippen LogP contribution in [0.3, 0.4) is 0 Å². The first-order valence-corrected chi connectivity index (χ1v) is 12.1. The lowest BCUT2D eigenvalue weighted by molar-refractivity contribution is 0.122. The number of anilines is 2. The lowest BCUT2D eigenvalue weighted by atomic mass is 9.96. The van der Waals surface area contributed by atoms with Crippen molar-refractivity contribution in [2.75, 3.05) is 69.4 Å². The predicted octanol–water partition coefficient (Wildman–Crippen LogP) is 0.473. The van der Waals surface area contributed by atoms with Gasteiger partial charge in [-0.1, -0.05) is 0 Å². The minimum Gasteiger partial charge on any atom is -0.380 e. The van der Waals surface area contributed by atoms with Gasteiger partial charge in [-0.3, -0.25) is 0 Å². The van der Waals surface area contributed by atoms with E-state index >= 15 is 0 Å². The summed E-state index contributed by atoms with van der Waals surface area (Å²) in [6.07, 6.45) is 4.01. The van der Waals surface area contributed by atoms with Gasteiger partial charge in [0.15, 0.2) is 0 Å². The molecule has 3 rings (SSSR count). The molecule has 0 amide bonds. The summed E-state index contributed by atoms with van der Waals surface area (Å²) in [5.74, 6) is 1.55. The number of hydrogen-bond acceptors (Lipinski definition) is 8. The fourth-order valence-electron chi connectivity index (χ4n) is 3.58. The van der Waals surface area contributed by atoms with Crippen molar-refractivity contribution in [1.29, 1.82) is 0 Å². The van der Waals surface area contributed by atoms with E-state index in [9.17, 15) is 8.42 Å². The summed E-state index contributed by atoms with van der Waals surface area (Å²) in [6, 6.07) is 0. The molecule has 1 aromatic rings. The molecule has 2 aliphatic rings. The van der Waals surface area contributed by atoms with E-state index in [4.69, 9.17) is 14.7 Å². The number of nitrogens with one attached hydrogen (secondary N) is 2. The van der Waals surface area contributed by atoms with Crippen LogP contribution in [-0.4, -0.2) is 88.6 Å². The Bertz CT molecular complexity index is 780. The molecule has 2 heterocycles. The maximum atomic E-state index is 12.2. The van der Waals surface area contributed by atoms with E-state index in [1.165, 1.54) is 0 Å². The third-order valence-corrected chi connectivity index (χ3v) is 6.96. The number of nitrogens with zero attached hydrogens (tertiary/aromatic N) is 4. The number of likely N-dealkylation sites (N-methyl/N-ethyl adjacent to an activating group) is 1. The summed E-state index contributed by atoms with van der Waals surface area (Å²) in [4.78, 5) is 14.2. The molecule has 2 N–H and O–H groups in total. The third kappa shape index (κ3) is 6.24. The molecule has 0 saturated carbocycles. The molecule has 0 spiro atoms. The van der Waals surface area contributed by atoms with Crippen LogP contribution in [0.2, 0.25) is 0 Å². The molecule has 1 atom stereocenters. The van der Waals surface area contributed by atoms with Crippen LogP contribution in [0.1, 0.15) is 31.0 Å². The van der Waals surface area contributed by atoms with Crippen LogP contribution in [0.5, 0.6) is 0 Å². The van der Waals surface area contributed by atoms with Gasteiger partial charge in [-0.15, -0.1) is 0 Å². The maximum Gasteiger partial charge on any atom is 0.227 e. The van der Waals surface area contributed by atoms with Crippen molar-refractivity contribution in [1.82, 2.24) is 19.6 Å². The molecule has 1 saturated heterocycles. The second-order valence-corrected chi connectivity index (χ2v) is 9.86. The Morgan fingerprint density at radius 2 is 1.86 bits per heavy atom. The summed E-state index contributed by atoms with van der Waals surface area (Å²) in [6.45, 7) is 6.21. The molecule has 10 heteroatoms. The van der Waals surface area contributed by atoms with E-state index in [2.05, 4.69) is 26.9 Å². The average molecular weight is 427 g/mol. The fourth-order valence-corrected chi connectivity index (χ4v) is 4.58. The van der Waals surface area contributed by atoms with Crippen molar-refractivity contribution in [3.8, 4) is 0 Å². The smallest absolute Gasteiger partial charge is 0.227 e. The minimum atomic E-state index is -3.37. The molecule has 0 radical (unpaired) electrons. The van der Waals surface area contributed by atoms with Gasteiger partial charge in [0.25, 0.3) is 0 Å². The number of ether oxygens (including phenoxy) is 1. The molecule has 1 aliphatic carbocycles. The lowest BCUT2D eigenvalue weighted by Crippen LogP contribution is -2.45. The molecule has 9 nitrogen and oxygen atoms in total. The van der Waals surface area contributed by atoms with E-state index < -0.39 is 10.0 Å². The lowest BCUT2D eigenvalue weighted by Gasteiger charge is -2.33. The van der Waals surface area contributed by atoms with Crippen LogP contribution in [-0.2, 0) is 27.6 Å². The van der Waals surface area contributed by atoms with E-state index in [0.29, 0.717) is 6.54 Å². The topological polar surface area (TPSA) is 99.7 Å². The molecule has 1 fully saturated rings. The van der Waals surface area contributed by atoms with Crippen molar-refractivity contribution in [3.05, 3.63) is 11.3 Å². The largest absolute Gasteiger partial charge is 0.380 e. The second kappa shape index (κ2) is 10.0. The van der Waals surface area contributed by atoms with Crippen molar-refractivity contribution in [3.63, 3.8) is 0 Å². The van der Waals surface area contributed by atoms with Crippen LogP contribution >= 0.6 is 0 Å². The van der Waals surface area contributed by atoms with Gasteiger partial charge in [0.1, 0.15) is 5.82 Å². The Hall–Kier alpha value is -1.49. The SMILES string of the molecule is COC(C)CNS(=O)(=O)CCNc1nc(N2CCN(C)CC2)nc2c1CCCC2. The van der Waals surface area contributed by atoms with Crippen LogP contribution < -0.4 is 14.9 Å². The zero-order chi connectivity index (χ0) is 20.9. The highest BCUT2D eigenvalue weighted by atomic mass is 32.2. The molecular weight excluding hydrogens is 392 g/mol. The molecule has 1 aliphatic heterocycles. The van der Waals surface area contributed by atoms with Crippen molar-refractivity contribution in [2.45, 2.75) is 38.7 Å². The normalized spacial score (nSPS) is 19.1. The van der Waals surface area contributed by atoms with Crippen molar-refractivity contribution < 1.29 is 13.2 Å². The number of rotatable bonds is 9. The van der Waals surface area contributed by atoms with Crippen LogP contribution in [0.15, 0.2) is 0 Å². The first kappa shape index (κ1) is 22.2. The average Bonchev–Trinajstić information content (AvgIpc) is 2.72. The van der Waals surface area contributed by atoms with Gasteiger partial charge >= 0.3 is 0 Å². The number of aryl methyl sites for hydroxylation is 1. The van der Waals surface area contributed by atoms with Crippen molar-refractivity contribution in [2.24, 2.45) is 0 Å². The number of methoxy groups -OCH3 is 1.